The van der Waals surface area contributed by atoms with Crippen molar-refractivity contribution in [2.45, 2.75) is 33.2 Å². The summed E-state index contributed by atoms with van der Waals surface area (Å²) < 4.78 is 5.19. The summed E-state index contributed by atoms with van der Waals surface area (Å²) in [5.41, 5.74) is 6.06. The summed E-state index contributed by atoms with van der Waals surface area (Å²) in [5.74, 6) is 0.851. The van der Waals surface area contributed by atoms with E-state index < -0.39 is 5.91 Å². The quantitative estimate of drug-likeness (QED) is 0.781. The fraction of sp³-hybridized carbons (Fsp3) is 0.500. The molecule has 1 unspecified atom stereocenters. The van der Waals surface area contributed by atoms with Crippen LogP contribution in [0, 0.1) is 5.92 Å². The van der Waals surface area contributed by atoms with Crippen LogP contribution in [0.4, 0.5) is 5.69 Å². The van der Waals surface area contributed by atoms with Crippen molar-refractivity contribution < 1.29 is 9.53 Å². The molecule has 0 saturated carbocycles. The van der Waals surface area contributed by atoms with Gasteiger partial charge in [-0.25, -0.2) is 0 Å². The molecule has 0 bridgehead atoms. The van der Waals surface area contributed by atoms with E-state index in [4.69, 9.17) is 10.5 Å². The number of anilines is 1. The molecule has 3 N–H and O–H groups in total. The van der Waals surface area contributed by atoms with Crippen LogP contribution in [-0.2, 0) is 4.79 Å². The van der Waals surface area contributed by atoms with E-state index in [0.29, 0.717) is 17.7 Å². The van der Waals surface area contributed by atoms with Crippen molar-refractivity contribution in [3.05, 3.63) is 24.3 Å². The summed E-state index contributed by atoms with van der Waals surface area (Å²) in [6.07, 6.45) is 1.12. The van der Waals surface area contributed by atoms with E-state index in [1.807, 2.05) is 24.3 Å². The minimum absolute atomic E-state index is 0.0868. The number of hydrogen-bond acceptors (Lipinski definition) is 3. The maximum Gasteiger partial charge on any atom is 0.255 e. The number of rotatable bonds is 7. The molecule has 1 aromatic rings. The topological polar surface area (TPSA) is 64.3 Å². The molecule has 1 atom stereocenters. The molecule has 18 heavy (non-hydrogen) atoms. The second-order valence-electron chi connectivity index (χ2n) is 4.95. The highest BCUT2D eigenvalue weighted by Crippen LogP contribution is 2.17. The molecule has 1 aromatic carbocycles. The lowest BCUT2D eigenvalue weighted by Crippen LogP contribution is -2.20. The monoisotopic (exact) mass is 250 g/mol. The molecule has 100 valence electrons. The molecule has 0 radical (unpaired) electrons. The summed E-state index contributed by atoms with van der Waals surface area (Å²) in [4.78, 5) is 10.6. The van der Waals surface area contributed by atoms with Gasteiger partial charge in [0.15, 0.2) is 6.61 Å². The number of primary amides is 1. The van der Waals surface area contributed by atoms with Crippen LogP contribution in [-0.4, -0.2) is 18.6 Å². The van der Waals surface area contributed by atoms with Gasteiger partial charge in [0.2, 0.25) is 0 Å². The average Bonchev–Trinajstić information content (AvgIpc) is 2.26. The SMILES string of the molecule is CC(C)CC(C)Nc1ccc(OCC(N)=O)cc1. The third-order valence-corrected chi connectivity index (χ3v) is 2.47. The van der Waals surface area contributed by atoms with Crippen LogP contribution in [0.5, 0.6) is 5.75 Å². The van der Waals surface area contributed by atoms with Crippen LogP contribution in [0.2, 0.25) is 0 Å². The summed E-state index contributed by atoms with van der Waals surface area (Å²) in [6, 6.07) is 7.96. The van der Waals surface area contributed by atoms with Crippen molar-refractivity contribution in [1.82, 2.24) is 0 Å². The van der Waals surface area contributed by atoms with Gasteiger partial charge < -0.3 is 15.8 Å². The number of hydrogen-bond donors (Lipinski definition) is 2. The maximum atomic E-state index is 10.6. The molecule has 0 heterocycles. The molecule has 1 amide bonds. The normalized spacial score (nSPS) is 12.2. The number of carbonyl (C=O) groups excluding carboxylic acids is 1. The predicted octanol–water partition coefficient (Wildman–Crippen LogP) is 2.40. The molecule has 0 spiro atoms. The lowest BCUT2D eigenvalue weighted by molar-refractivity contribution is -0.119. The molecule has 1 rings (SSSR count). The Bertz CT molecular complexity index is 374. The Labute approximate surface area is 109 Å². The molecule has 0 aliphatic carbocycles. The number of benzene rings is 1. The number of nitrogens with two attached hydrogens (primary N) is 1. The van der Waals surface area contributed by atoms with Crippen molar-refractivity contribution in [2.75, 3.05) is 11.9 Å². The molecule has 0 aliphatic heterocycles. The smallest absolute Gasteiger partial charge is 0.255 e. The minimum atomic E-state index is -0.470. The Morgan fingerprint density at radius 2 is 1.89 bits per heavy atom. The predicted molar refractivity (Wildman–Crippen MR) is 73.7 cm³/mol. The van der Waals surface area contributed by atoms with Crippen LogP contribution in [0.3, 0.4) is 0 Å². The zero-order valence-electron chi connectivity index (χ0n) is 11.3. The van der Waals surface area contributed by atoms with Gasteiger partial charge in [-0.3, -0.25) is 4.79 Å². The standard InChI is InChI=1S/C14H22N2O2/c1-10(2)8-11(3)16-12-4-6-13(7-5-12)18-9-14(15)17/h4-7,10-11,16H,8-9H2,1-3H3,(H2,15,17). The van der Waals surface area contributed by atoms with Crippen LogP contribution < -0.4 is 15.8 Å². The molecule has 0 aromatic heterocycles. The first-order valence-electron chi connectivity index (χ1n) is 6.25. The van der Waals surface area contributed by atoms with E-state index in [2.05, 4.69) is 26.1 Å². The van der Waals surface area contributed by atoms with Crippen LogP contribution in [0.25, 0.3) is 0 Å². The molecule has 4 heteroatoms. The highest BCUT2D eigenvalue weighted by molar-refractivity contribution is 5.75. The third-order valence-electron chi connectivity index (χ3n) is 2.47. The molecule has 0 fully saturated rings. The van der Waals surface area contributed by atoms with Crippen molar-refractivity contribution in [2.24, 2.45) is 11.7 Å². The Morgan fingerprint density at radius 1 is 1.28 bits per heavy atom. The lowest BCUT2D eigenvalue weighted by atomic mass is 10.1. The van der Waals surface area contributed by atoms with Crippen molar-refractivity contribution in [3.8, 4) is 5.75 Å². The van der Waals surface area contributed by atoms with E-state index in [1.54, 1.807) is 0 Å². The lowest BCUT2D eigenvalue weighted by Gasteiger charge is -2.17. The van der Waals surface area contributed by atoms with Gasteiger partial charge in [0.05, 0.1) is 0 Å². The first kappa shape index (κ1) is 14.4. The highest BCUT2D eigenvalue weighted by atomic mass is 16.5. The maximum absolute atomic E-state index is 10.6. The Hall–Kier alpha value is -1.71. The fourth-order valence-electron chi connectivity index (χ4n) is 1.85. The van der Waals surface area contributed by atoms with Gasteiger partial charge in [0.25, 0.3) is 5.91 Å². The van der Waals surface area contributed by atoms with Crippen molar-refractivity contribution >= 4 is 11.6 Å². The van der Waals surface area contributed by atoms with Crippen molar-refractivity contribution in [3.63, 3.8) is 0 Å². The molecule has 4 nitrogen and oxygen atoms in total. The van der Waals surface area contributed by atoms with E-state index >= 15 is 0 Å². The van der Waals surface area contributed by atoms with Gasteiger partial charge in [-0.15, -0.1) is 0 Å². The Balaban J connectivity index is 2.47. The van der Waals surface area contributed by atoms with E-state index in [0.717, 1.165) is 12.1 Å². The molecule has 0 aliphatic rings. The summed E-state index contributed by atoms with van der Waals surface area (Å²) in [5, 5.41) is 3.42. The number of amides is 1. The first-order chi connectivity index (χ1) is 8.47. The highest BCUT2D eigenvalue weighted by Gasteiger charge is 2.05. The number of ether oxygens (including phenoxy) is 1. The minimum Gasteiger partial charge on any atom is -0.484 e. The molecule has 0 saturated heterocycles. The Kier molecular flexibility index (Phi) is 5.49. The molecular weight excluding hydrogens is 228 g/mol. The van der Waals surface area contributed by atoms with Crippen molar-refractivity contribution in [1.29, 1.82) is 0 Å². The molecular formula is C14H22N2O2. The second-order valence-corrected chi connectivity index (χ2v) is 4.95. The summed E-state index contributed by atoms with van der Waals surface area (Å²) in [7, 11) is 0. The van der Waals surface area contributed by atoms with Gasteiger partial charge in [0, 0.05) is 11.7 Å². The van der Waals surface area contributed by atoms with Gasteiger partial charge >= 0.3 is 0 Å². The summed E-state index contributed by atoms with van der Waals surface area (Å²) >= 11 is 0. The zero-order chi connectivity index (χ0) is 13.5. The Morgan fingerprint density at radius 3 is 2.39 bits per heavy atom. The average molecular weight is 250 g/mol. The zero-order valence-corrected chi connectivity index (χ0v) is 11.3. The van der Waals surface area contributed by atoms with E-state index in [9.17, 15) is 4.79 Å². The van der Waals surface area contributed by atoms with E-state index in [1.165, 1.54) is 0 Å². The van der Waals surface area contributed by atoms with Gasteiger partial charge in [0.1, 0.15) is 5.75 Å². The number of nitrogens with one attached hydrogen (secondary N) is 1. The fourth-order valence-corrected chi connectivity index (χ4v) is 1.85. The summed E-state index contributed by atoms with van der Waals surface area (Å²) in [6.45, 7) is 6.49. The third kappa shape index (κ3) is 5.57. The largest absolute Gasteiger partial charge is 0.484 e. The van der Waals surface area contributed by atoms with Gasteiger partial charge in [-0.1, -0.05) is 13.8 Å². The van der Waals surface area contributed by atoms with Gasteiger partial charge in [-0.2, -0.15) is 0 Å². The second kappa shape index (κ2) is 6.89. The van der Waals surface area contributed by atoms with Crippen LogP contribution in [0.15, 0.2) is 24.3 Å². The number of carbonyl (C=O) groups is 1. The van der Waals surface area contributed by atoms with Crippen LogP contribution >= 0.6 is 0 Å². The van der Waals surface area contributed by atoms with E-state index in [-0.39, 0.29) is 6.61 Å². The first-order valence-corrected chi connectivity index (χ1v) is 6.25. The van der Waals surface area contributed by atoms with Gasteiger partial charge in [-0.05, 0) is 43.5 Å². The van der Waals surface area contributed by atoms with Crippen LogP contribution in [0.1, 0.15) is 27.2 Å².